The quantitative estimate of drug-likeness (QED) is 0.794. The summed E-state index contributed by atoms with van der Waals surface area (Å²) in [6, 6.07) is 6.50. The molecule has 1 aromatic carbocycles. The highest BCUT2D eigenvalue weighted by Crippen LogP contribution is 2.30. The number of aromatic nitrogens is 2. The summed E-state index contributed by atoms with van der Waals surface area (Å²) < 4.78 is 40.1. The molecule has 8 heteroatoms. The van der Waals surface area contributed by atoms with Crippen LogP contribution in [0.4, 0.5) is 13.2 Å². The number of rotatable bonds is 4. The molecule has 5 nitrogen and oxygen atoms in total. The van der Waals surface area contributed by atoms with E-state index in [0.717, 1.165) is 38.1 Å². The van der Waals surface area contributed by atoms with Gasteiger partial charge < -0.3 is 9.80 Å². The lowest BCUT2D eigenvalue weighted by atomic mass is 9.89. The number of hydrogen-bond donors (Lipinski definition) is 0. The van der Waals surface area contributed by atoms with Crippen molar-refractivity contribution < 1.29 is 18.0 Å². The van der Waals surface area contributed by atoms with Crippen molar-refractivity contribution in [3.8, 4) is 5.69 Å². The SMILES string of the molecule is C[C@@H](C1CCN(C)CC1)N(C)C(=O)c1ccn(-c2cccc(C(F)(F)F)c2)n1. The molecule has 0 aliphatic carbocycles. The third kappa shape index (κ3) is 4.38. The normalized spacial score (nSPS) is 17.5. The topological polar surface area (TPSA) is 41.4 Å². The summed E-state index contributed by atoms with van der Waals surface area (Å²) in [5, 5.41) is 4.21. The molecule has 1 fully saturated rings. The van der Waals surface area contributed by atoms with Gasteiger partial charge in [0.2, 0.25) is 0 Å². The summed E-state index contributed by atoms with van der Waals surface area (Å²) in [5.41, 5.74) is -0.263. The molecule has 1 aromatic heterocycles. The Morgan fingerprint density at radius 1 is 1.25 bits per heavy atom. The molecule has 0 N–H and O–H groups in total. The highest BCUT2D eigenvalue weighted by molar-refractivity contribution is 5.92. The lowest BCUT2D eigenvalue weighted by Gasteiger charge is -2.36. The minimum atomic E-state index is -4.43. The van der Waals surface area contributed by atoms with E-state index in [-0.39, 0.29) is 23.3 Å². The molecule has 2 heterocycles. The maximum absolute atomic E-state index is 12.9. The first kappa shape index (κ1) is 20.4. The number of likely N-dealkylation sites (tertiary alicyclic amines) is 1. The third-order valence-electron chi connectivity index (χ3n) is 5.62. The summed E-state index contributed by atoms with van der Waals surface area (Å²) in [6.45, 7) is 4.07. The predicted molar refractivity (Wildman–Crippen MR) is 100 cm³/mol. The lowest BCUT2D eigenvalue weighted by molar-refractivity contribution is -0.137. The molecule has 152 valence electrons. The number of alkyl halides is 3. The Labute approximate surface area is 162 Å². The highest BCUT2D eigenvalue weighted by atomic mass is 19.4. The van der Waals surface area contributed by atoms with E-state index >= 15 is 0 Å². The van der Waals surface area contributed by atoms with E-state index in [1.807, 2.05) is 6.92 Å². The number of amides is 1. The van der Waals surface area contributed by atoms with E-state index in [1.54, 1.807) is 18.0 Å². The first-order chi connectivity index (χ1) is 13.2. The predicted octanol–water partition coefficient (Wildman–Crippen LogP) is 3.69. The Morgan fingerprint density at radius 3 is 2.57 bits per heavy atom. The molecular weight excluding hydrogens is 369 g/mol. The van der Waals surface area contributed by atoms with Crippen molar-refractivity contribution in [3.63, 3.8) is 0 Å². The van der Waals surface area contributed by atoms with Crippen LogP contribution >= 0.6 is 0 Å². The Balaban J connectivity index is 1.73. The molecule has 1 aliphatic heterocycles. The molecule has 2 aromatic rings. The molecule has 1 aliphatic rings. The lowest BCUT2D eigenvalue weighted by Crippen LogP contribution is -2.44. The number of nitrogens with zero attached hydrogens (tertiary/aromatic N) is 4. The molecule has 0 radical (unpaired) electrons. The van der Waals surface area contributed by atoms with Crippen LogP contribution in [0.2, 0.25) is 0 Å². The van der Waals surface area contributed by atoms with Crippen molar-refractivity contribution in [1.29, 1.82) is 0 Å². The van der Waals surface area contributed by atoms with Crippen LogP contribution in [0.5, 0.6) is 0 Å². The van der Waals surface area contributed by atoms with Gasteiger partial charge in [0.15, 0.2) is 5.69 Å². The largest absolute Gasteiger partial charge is 0.416 e. The first-order valence-electron chi connectivity index (χ1n) is 9.36. The Hall–Kier alpha value is -2.35. The van der Waals surface area contributed by atoms with Crippen LogP contribution in [-0.2, 0) is 6.18 Å². The Kier molecular flexibility index (Phi) is 5.79. The van der Waals surface area contributed by atoms with Gasteiger partial charge in [-0.1, -0.05) is 6.07 Å². The van der Waals surface area contributed by atoms with Crippen molar-refractivity contribution in [2.45, 2.75) is 32.0 Å². The standard InChI is InChI=1S/C20H25F3N4O/c1-14(15-7-10-25(2)11-8-15)26(3)19(28)18-9-12-27(24-18)17-6-4-5-16(13-17)20(21,22)23/h4-6,9,12-15H,7-8,10-11H2,1-3H3/t14-/m0/s1. The molecule has 28 heavy (non-hydrogen) atoms. The highest BCUT2D eigenvalue weighted by Gasteiger charge is 2.31. The molecule has 1 amide bonds. The van der Waals surface area contributed by atoms with Gasteiger partial charge in [0.05, 0.1) is 11.3 Å². The molecule has 3 rings (SSSR count). The minimum absolute atomic E-state index is 0.0694. The van der Waals surface area contributed by atoms with Gasteiger partial charge in [0.1, 0.15) is 0 Å². The van der Waals surface area contributed by atoms with Gasteiger partial charge in [0.25, 0.3) is 5.91 Å². The van der Waals surface area contributed by atoms with Crippen LogP contribution in [0.3, 0.4) is 0 Å². The summed E-state index contributed by atoms with van der Waals surface area (Å²) in [4.78, 5) is 16.8. The van der Waals surface area contributed by atoms with Crippen molar-refractivity contribution >= 4 is 5.91 Å². The van der Waals surface area contributed by atoms with Gasteiger partial charge in [0, 0.05) is 19.3 Å². The van der Waals surface area contributed by atoms with Gasteiger partial charge >= 0.3 is 6.18 Å². The van der Waals surface area contributed by atoms with E-state index in [0.29, 0.717) is 5.92 Å². The van der Waals surface area contributed by atoms with Gasteiger partial charge in [-0.2, -0.15) is 18.3 Å². The molecule has 0 bridgehead atoms. The average molecular weight is 394 g/mol. The fraction of sp³-hybridized carbons (Fsp3) is 0.500. The zero-order chi connectivity index (χ0) is 20.5. The van der Waals surface area contributed by atoms with E-state index < -0.39 is 11.7 Å². The second-order valence-corrected chi connectivity index (χ2v) is 7.49. The van der Waals surface area contributed by atoms with Crippen LogP contribution in [0.25, 0.3) is 5.69 Å². The van der Waals surface area contributed by atoms with Crippen LogP contribution in [0.1, 0.15) is 35.8 Å². The summed E-state index contributed by atoms with van der Waals surface area (Å²) in [5.74, 6) is 0.202. The van der Waals surface area contributed by atoms with Crippen molar-refractivity contribution in [1.82, 2.24) is 19.6 Å². The molecule has 0 spiro atoms. The smallest absolute Gasteiger partial charge is 0.337 e. The van der Waals surface area contributed by atoms with Crippen molar-refractivity contribution in [2.24, 2.45) is 5.92 Å². The number of carbonyl (C=O) groups excluding carboxylic acids is 1. The summed E-state index contributed by atoms with van der Waals surface area (Å²) in [6.07, 6.45) is -0.843. The van der Waals surface area contributed by atoms with Gasteiger partial charge in [-0.05, 0) is 70.1 Å². The number of carbonyl (C=O) groups is 1. The van der Waals surface area contributed by atoms with Crippen LogP contribution in [0.15, 0.2) is 36.5 Å². The summed E-state index contributed by atoms with van der Waals surface area (Å²) >= 11 is 0. The summed E-state index contributed by atoms with van der Waals surface area (Å²) in [7, 11) is 3.85. The minimum Gasteiger partial charge on any atom is -0.337 e. The third-order valence-corrected chi connectivity index (χ3v) is 5.62. The first-order valence-corrected chi connectivity index (χ1v) is 9.36. The second kappa shape index (κ2) is 7.95. The van der Waals surface area contributed by atoms with Crippen molar-refractivity contribution in [3.05, 3.63) is 47.8 Å². The molecule has 0 unspecified atom stereocenters. The van der Waals surface area contributed by atoms with Crippen LogP contribution in [0, 0.1) is 5.92 Å². The fourth-order valence-corrected chi connectivity index (χ4v) is 3.60. The molecule has 1 atom stereocenters. The Morgan fingerprint density at radius 2 is 1.93 bits per heavy atom. The average Bonchev–Trinajstić information content (AvgIpc) is 3.16. The Bertz CT molecular complexity index is 825. The number of halogens is 3. The van der Waals surface area contributed by atoms with E-state index in [4.69, 9.17) is 0 Å². The van der Waals surface area contributed by atoms with Crippen LogP contribution in [-0.4, -0.2) is 58.7 Å². The van der Waals surface area contributed by atoms with Gasteiger partial charge in [-0.25, -0.2) is 4.68 Å². The van der Waals surface area contributed by atoms with E-state index in [9.17, 15) is 18.0 Å². The van der Waals surface area contributed by atoms with Crippen molar-refractivity contribution in [2.75, 3.05) is 27.2 Å². The number of piperidine rings is 1. The number of benzene rings is 1. The number of hydrogen-bond acceptors (Lipinski definition) is 3. The molecular formula is C20H25F3N4O. The van der Waals surface area contributed by atoms with Crippen LogP contribution < -0.4 is 0 Å². The maximum Gasteiger partial charge on any atom is 0.416 e. The van der Waals surface area contributed by atoms with E-state index in [2.05, 4.69) is 17.0 Å². The molecule has 1 saturated heterocycles. The van der Waals surface area contributed by atoms with E-state index in [1.165, 1.54) is 23.0 Å². The van der Waals surface area contributed by atoms with Gasteiger partial charge in [-0.15, -0.1) is 0 Å². The second-order valence-electron chi connectivity index (χ2n) is 7.49. The fourth-order valence-electron chi connectivity index (χ4n) is 3.60. The van der Waals surface area contributed by atoms with Gasteiger partial charge in [-0.3, -0.25) is 4.79 Å². The monoisotopic (exact) mass is 394 g/mol. The zero-order valence-corrected chi connectivity index (χ0v) is 16.3. The maximum atomic E-state index is 12.9. The zero-order valence-electron chi connectivity index (χ0n) is 16.3. The molecule has 0 saturated carbocycles.